The van der Waals surface area contributed by atoms with E-state index in [9.17, 15) is 4.79 Å². The fraction of sp³-hybridized carbons (Fsp3) is 0.462. The van der Waals surface area contributed by atoms with E-state index >= 15 is 0 Å². The molecule has 0 amide bonds. The third-order valence-corrected chi connectivity index (χ3v) is 4.13. The van der Waals surface area contributed by atoms with E-state index in [2.05, 4.69) is 21.2 Å². The molecule has 3 heteroatoms. The number of benzene rings is 1. The summed E-state index contributed by atoms with van der Waals surface area (Å²) in [6.07, 6.45) is 3.70. The lowest BCUT2D eigenvalue weighted by atomic mass is 9.75. The molecule has 0 aliphatic heterocycles. The minimum atomic E-state index is -0.474. The van der Waals surface area contributed by atoms with E-state index in [1.165, 1.54) is 0 Å². The lowest BCUT2D eigenvalue weighted by molar-refractivity contribution is -0.127. The van der Waals surface area contributed by atoms with Gasteiger partial charge in [0.15, 0.2) is 5.78 Å². The van der Waals surface area contributed by atoms with Crippen LogP contribution in [0.1, 0.15) is 31.2 Å². The summed E-state index contributed by atoms with van der Waals surface area (Å²) in [4.78, 5) is 12.2. The van der Waals surface area contributed by atoms with E-state index in [1.807, 2.05) is 31.3 Å². The van der Waals surface area contributed by atoms with Crippen LogP contribution in [-0.4, -0.2) is 12.8 Å². The molecule has 16 heavy (non-hydrogen) atoms. The number of likely N-dealkylation sites (N-methyl/N-ethyl adjacent to an activating group) is 1. The van der Waals surface area contributed by atoms with Gasteiger partial charge in [-0.2, -0.15) is 0 Å². The largest absolute Gasteiger partial charge is 0.304 e. The van der Waals surface area contributed by atoms with Crippen molar-refractivity contribution in [3.63, 3.8) is 0 Å². The number of hydrogen-bond donors (Lipinski definition) is 1. The molecule has 0 unspecified atom stereocenters. The Balaban J connectivity index is 2.48. The summed E-state index contributed by atoms with van der Waals surface area (Å²) in [6, 6.07) is 7.99. The molecule has 2 nitrogen and oxygen atoms in total. The van der Waals surface area contributed by atoms with E-state index in [1.54, 1.807) is 0 Å². The van der Waals surface area contributed by atoms with Crippen molar-refractivity contribution in [2.45, 2.75) is 31.2 Å². The topological polar surface area (TPSA) is 29.1 Å². The quantitative estimate of drug-likeness (QED) is 0.903. The monoisotopic (exact) mass is 281 g/mol. The highest BCUT2D eigenvalue weighted by Crippen LogP contribution is 2.37. The van der Waals surface area contributed by atoms with Crippen LogP contribution in [0.3, 0.4) is 0 Å². The van der Waals surface area contributed by atoms with Gasteiger partial charge < -0.3 is 5.32 Å². The van der Waals surface area contributed by atoms with Gasteiger partial charge in [0.2, 0.25) is 0 Å². The van der Waals surface area contributed by atoms with Crippen LogP contribution >= 0.6 is 15.9 Å². The summed E-state index contributed by atoms with van der Waals surface area (Å²) in [6.45, 7) is 0. The Morgan fingerprint density at radius 3 is 2.69 bits per heavy atom. The molecule has 2 rings (SSSR count). The molecule has 1 N–H and O–H groups in total. The van der Waals surface area contributed by atoms with Gasteiger partial charge in [0.1, 0.15) is 5.54 Å². The maximum atomic E-state index is 12.2. The Labute approximate surface area is 105 Å². The van der Waals surface area contributed by atoms with E-state index in [0.717, 1.165) is 29.3 Å². The normalized spacial score (nSPS) is 25.8. The van der Waals surface area contributed by atoms with Gasteiger partial charge in [-0.3, -0.25) is 4.79 Å². The second kappa shape index (κ2) is 4.68. The molecule has 1 aliphatic carbocycles. The Morgan fingerprint density at radius 2 is 2.06 bits per heavy atom. The van der Waals surface area contributed by atoms with E-state index in [4.69, 9.17) is 0 Å². The standard InChI is InChI=1S/C13H16BrNO/c1-15-13(9-5-4-8-12(13)16)10-6-2-3-7-11(10)14/h2-3,6-7,15H,4-5,8-9H2,1H3/t13-/m1/s1. The van der Waals surface area contributed by atoms with Gasteiger partial charge in [-0.25, -0.2) is 0 Å². The van der Waals surface area contributed by atoms with Crippen LogP contribution in [0.15, 0.2) is 28.7 Å². The summed E-state index contributed by atoms with van der Waals surface area (Å²) < 4.78 is 1.01. The molecule has 0 spiro atoms. The van der Waals surface area contributed by atoms with Crippen molar-refractivity contribution in [2.24, 2.45) is 0 Å². The Bertz CT molecular complexity index is 405. The van der Waals surface area contributed by atoms with Crippen molar-refractivity contribution in [2.75, 3.05) is 7.05 Å². The predicted octanol–water partition coefficient (Wildman–Crippen LogP) is 3.01. The Morgan fingerprint density at radius 1 is 1.31 bits per heavy atom. The number of rotatable bonds is 2. The maximum absolute atomic E-state index is 12.2. The highest BCUT2D eigenvalue weighted by Gasteiger charge is 2.40. The van der Waals surface area contributed by atoms with Crippen LogP contribution in [-0.2, 0) is 10.3 Å². The summed E-state index contributed by atoms with van der Waals surface area (Å²) in [5.74, 6) is 0.313. The van der Waals surface area contributed by atoms with Crippen molar-refractivity contribution < 1.29 is 4.79 Å². The lowest BCUT2D eigenvalue weighted by Gasteiger charge is -2.36. The van der Waals surface area contributed by atoms with Crippen LogP contribution in [0.25, 0.3) is 0 Å². The average molecular weight is 282 g/mol. The summed E-state index contributed by atoms with van der Waals surface area (Å²) >= 11 is 3.54. The smallest absolute Gasteiger partial charge is 0.157 e. The Kier molecular flexibility index (Phi) is 3.45. The molecule has 0 aromatic heterocycles. The Hall–Kier alpha value is -0.670. The van der Waals surface area contributed by atoms with Crippen LogP contribution in [0.5, 0.6) is 0 Å². The van der Waals surface area contributed by atoms with Gasteiger partial charge in [-0.05, 0) is 31.5 Å². The van der Waals surface area contributed by atoms with Crippen molar-refractivity contribution in [1.29, 1.82) is 0 Å². The van der Waals surface area contributed by atoms with Gasteiger partial charge >= 0.3 is 0 Å². The number of halogens is 1. The molecule has 1 fully saturated rings. The third kappa shape index (κ3) is 1.82. The van der Waals surface area contributed by atoms with E-state index in [-0.39, 0.29) is 0 Å². The zero-order chi connectivity index (χ0) is 11.6. The molecule has 1 aliphatic rings. The van der Waals surface area contributed by atoms with E-state index in [0.29, 0.717) is 12.2 Å². The van der Waals surface area contributed by atoms with Crippen LogP contribution in [0, 0.1) is 0 Å². The summed E-state index contributed by atoms with van der Waals surface area (Å²) in [5.41, 5.74) is 0.598. The van der Waals surface area contributed by atoms with Gasteiger partial charge in [-0.1, -0.05) is 40.5 Å². The summed E-state index contributed by atoms with van der Waals surface area (Å²) in [7, 11) is 1.88. The maximum Gasteiger partial charge on any atom is 0.157 e. The number of carbonyl (C=O) groups is 1. The van der Waals surface area contributed by atoms with Crippen molar-refractivity contribution in [3.8, 4) is 0 Å². The van der Waals surface area contributed by atoms with Crippen LogP contribution in [0.2, 0.25) is 0 Å². The molecule has 0 saturated heterocycles. The SMILES string of the molecule is CN[C@@]1(c2ccccc2Br)CCCCC1=O. The first kappa shape index (κ1) is 11.8. The van der Waals surface area contributed by atoms with Crippen molar-refractivity contribution in [1.82, 2.24) is 5.32 Å². The number of hydrogen-bond acceptors (Lipinski definition) is 2. The van der Waals surface area contributed by atoms with Crippen molar-refractivity contribution in [3.05, 3.63) is 34.3 Å². The second-order valence-electron chi connectivity index (χ2n) is 4.27. The van der Waals surface area contributed by atoms with Gasteiger partial charge in [-0.15, -0.1) is 0 Å². The fourth-order valence-electron chi connectivity index (χ4n) is 2.52. The molecule has 1 saturated carbocycles. The molecule has 1 aromatic carbocycles. The average Bonchev–Trinajstić information content (AvgIpc) is 2.31. The number of ketones is 1. The molecule has 1 aromatic rings. The zero-order valence-corrected chi connectivity index (χ0v) is 11.0. The first-order valence-corrected chi connectivity index (χ1v) is 6.47. The van der Waals surface area contributed by atoms with Crippen LogP contribution in [0.4, 0.5) is 0 Å². The molecule has 86 valence electrons. The fourth-order valence-corrected chi connectivity index (χ4v) is 3.14. The molecule has 0 radical (unpaired) electrons. The van der Waals surface area contributed by atoms with Gasteiger partial charge in [0, 0.05) is 10.9 Å². The summed E-state index contributed by atoms with van der Waals surface area (Å²) in [5, 5.41) is 3.24. The zero-order valence-electron chi connectivity index (χ0n) is 9.42. The minimum absolute atomic E-state index is 0.313. The number of nitrogens with one attached hydrogen (secondary N) is 1. The molecule has 0 heterocycles. The first-order chi connectivity index (χ1) is 7.70. The molecular formula is C13H16BrNO. The first-order valence-electron chi connectivity index (χ1n) is 5.68. The molecule has 0 bridgehead atoms. The van der Waals surface area contributed by atoms with Gasteiger partial charge in [0.05, 0.1) is 0 Å². The molecule has 1 atom stereocenters. The molecular weight excluding hydrogens is 266 g/mol. The predicted molar refractivity (Wildman–Crippen MR) is 68.4 cm³/mol. The highest BCUT2D eigenvalue weighted by atomic mass is 79.9. The van der Waals surface area contributed by atoms with Gasteiger partial charge in [0.25, 0.3) is 0 Å². The number of carbonyl (C=O) groups excluding carboxylic acids is 1. The lowest BCUT2D eigenvalue weighted by Crippen LogP contribution is -2.49. The van der Waals surface area contributed by atoms with Crippen molar-refractivity contribution >= 4 is 21.7 Å². The number of Topliss-reactive ketones (excluding diaryl/α,β-unsaturated/α-hetero) is 1. The second-order valence-corrected chi connectivity index (χ2v) is 5.12. The minimum Gasteiger partial charge on any atom is -0.304 e. The van der Waals surface area contributed by atoms with Crippen LogP contribution < -0.4 is 5.32 Å². The van der Waals surface area contributed by atoms with E-state index < -0.39 is 5.54 Å². The highest BCUT2D eigenvalue weighted by molar-refractivity contribution is 9.10. The third-order valence-electron chi connectivity index (χ3n) is 3.44.